The van der Waals surface area contributed by atoms with E-state index in [9.17, 15) is 24.8 Å². The van der Waals surface area contributed by atoms with Crippen LogP contribution in [-0.2, 0) is 22.9 Å². The maximum atomic E-state index is 12.6. The number of carboxylic acids is 1. The molecule has 4 N–H and O–H groups in total. The van der Waals surface area contributed by atoms with E-state index in [1.54, 1.807) is 61.5 Å². The molecule has 0 aromatic heterocycles. The number of aromatic carboxylic acids is 1. The Kier molecular flexibility index (Phi) is 9.22. The number of benzene rings is 4. The van der Waals surface area contributed by atoms with E-state index in [0.29, 0.717) is 34.0 Å². The molecule has 0 aliphatic heterocycles. The Morgan fingerprint density at radius 1 is 0.829 bits per heavy atom. The fraction of sp³-hybridized carbons (Fsp3) is 0.103. The third-order valence-corrected chi connectivity index (χ3v) is 5.89. The predicted molar refractivity (Wildman–Crippen MR) is 148 cm³/mol. The van der Waals surface area contributed by atoms with E-state index in [2.05, 4.69) is 15.7 Å². The standard InChI is InChI=1S/C29H25N3O9/c1-18-2-13-26(27(14-18)29(34)35)28(33)30-21-4-9-24(10-5-21)41-25-11-6-22(7-12-25)31-39-16-19-3-8-23(32(36)37)15-20(19)17-40-38/h2-15,31,38H,16-17H2,1H3,(H,30,33)(H,34,35). The monoisotopic (exact) mass is 559 g/mol. The number of nitro benzene ring substituents is 1. The number of carboxylic acid groups (broad SMARTS) is 1. The van der Waals surface area contributed by atoms with Crippen LogP contribution in [0.2, 0.25) is 0 Å². The highest BCUT2D eigenvalue weighted by molar-refractivity contribution is 6.10. The minimum atomic E-state index is -1.18. The van der Waals surface area contributed by atoms with Crippen LogP contribution in [0.3, 0.4) is 0 Å². The minimum absolute atomic E-state index is 0.0549. The molecule has 0 spiro atoms. The van der Waals surface area contributed by atoms with Crippen LogP contribution >= 0.6 is 0 Å². The van der Waals surface area contributed by atoms with E-state index < -0.39 is 16.8 Å². The zero-order valence-electron chi connectivity index (χ0n) is 21.7. The van der Waals surface area contributed by atoms with Gasteiger partial charge in [0, 0.05) is 17.8 Å². The molecule has 0 atom stereocenters. The molecule has 4 rings (SSSR count). The largest absolute Gasteiger partial charge is 0.478 e. The van der Waals surface area contributed by atoms with Gasteiger partial charge in [0.05, 0.1) is 28.3 Å². The number of carbonyl (C=O) groups is 2. The smallest absolute Gasteiger partial charge is 0.336 e. The third-order valence-electron chi connectivity index (χ3n) is 5.89. The second-order valence-electron chi connectivity index (χ2n) is 8.83. The van der Waals surface area contributed by atoms with Crippen molar-refractivity contribution in [1.82, 2.24) is 0 Å². The van der Waals surface area contributed by atoms with Crippen LogP contribution in [0.15, 0.2) is 84.9 Å². The zero-order chi connectivity index (χ0) is 29.4. The number of anilines is 2. The molecule has 0 saturated heterocycles. The SMILES string of the molecule is Cc1ccc(C(=O)Nc2ccc(Oc3ccc(NOCc4ccc([N+](=O)[O-])cc4COO)cc3)cc2)c(C(=O)O)c1. The van der Waals surface area contributed by atoms with Crippen LogP contribution in [0.1, 0.15) is 37.4 Å². The van der Waals surface area contributed by atoms with Gasteiger partial charge < -0.3 is 15.2 Å². The highest BCUT2D eigenvalue weighted by Crippen LogP contribution is 2.25. The quantitative estimate of drug-likeness (QED) is 0.0893. The lowest BCUT2D eigenvalue weighted by Gasteiger charge is -2.12. The summed E-state index contributed by atoms with van der Waals surface area (Å²) in [7, 11) is 0. The normalized spacial score (nSPS) is 10.6. The number of nitrogens with one attached hydrogen (secondary N) is 2. The molecule has 1 amide bonds. The highest BCUT2D eigenvalue weighted by atomic mass is 17.1. The Morgan fingerprint density at radius 3 is 2.10 bits per heavy atom. The van der Waals surface area contributed by atoms with E-state index >= 15 is 0 Å². The van der Waals surface area contributed by atoms with Crippen LogP contribution in [0.25, 0.3) is 0 Å². The molecule has 12 nitrogen and oxygen atoms in total. The van der Waals surface area contributed by atoms with Crippen molar-refractivity contribution in [2.75, 3.05) is 10.8 Å². The molecule has 0 heterocycles. The Labute approximate surface area is 233 Å². The first-order chi connectivity index (χ1) is 19.7. The first-order valence-corrected chi connectivity index (χ1v) is 12.2. The van der Waals surface area contributed by atoms with Crippen molar-refractivity contribution in [3.05, 3.63) is 123 Å². The average Bonchev–Trinajstić information content (AvgIpc) is 2.95. The average molecular weight is 560 g/mol. The summed E-state index contributed by atoms with van der Waals surface area (Å²) in [6.07, 6.45) is 0. The van der Waals surface area contributed by atoms with E-state index in [1.165, 1.54) is 30.3 Å². The summed E-state index contributed by atoms with van der Waals surface area (Å²) in [5, 5.41) is 31.8. The van der Waals surface area contributed by atoms with Gasteiger partial charge in [-0.05, 0) is 84.8 Å². The number of aryl methyl sites for hydroxylation is 1. The minimum Gasteiger partial charge on any atom is -0.478 e. The first-order valence-electron chi connectivity index (χ1n) is 12.2. The summed E-state index contributed by atoms with van der Waals surface area (Å²) in [4.78, 5) is 44.2. The maximum Gasteiger partial charge on any atom is 0.336 e. The van der Waals surface area contributed by atoms with Crippen LogP contribution in [0.5, 0.6) is 11.5 Å². The molecule has 4 aromatic rings. The summed E-state index contributed by atoms with van der Waals surface area (Å²) < 4.78 is 5.84. The molecule has 0 saturated carbocycles. The molecular formula is C29H25N3O9. The summed E-state index contributed by atoms with van der Waals surface area (Å²) in [5.41, 5.74) is 5.48. The number of ether oxygens (including phenoxy) is 1. The van der Waals surface area contributed by atoms with Gasteiger partial charge in [-0.15, -0.1) is 0 Å². The van der Waals surface area contributed by atoms with Gasteiger partial charge in [-0.25, -0.2) is 9.68 Å². The van der Waals surface area contributed by atoms with Crippen molar-refractivity contribution in [2.24, 2.45) is 0 Å². The predicted octanol–water partition coefficient (Wildman–Crippen LogP) is 6.18. The second kappa shape index (κ2) is 13.2. The number of amides is 1. The van der Waals surface area contributed by atoms with Crippen LogP contribution in [0, 0.1) is 17.0 Å². The van der Waals surface area contributed by atoms with E-state index in [4.69, 9.17) is 14.8 Å². The van der Waals surface area contributed by atoms with E-state index in [0.717, 1.165) is 5.56 Å². The number of nitrogens with zero attached hydrogens (tertiary/aromatic N) is 1. The summed E-state index contributed by atoms with van der Waals surface area (Å²) in [6.45, 7) is 1.58. The van der Waals surface area contributed by atoms with E-state index in [-0.39, 0.29) is 30.0 Å². The number of nitro groups is 1. The second-order valence-corrected chi connectivity index (χ2v) is 8.83. The molecule has 210 valence electrons. The zero-order valence-corrected chi connectivity index (χ0v) is 21.7. The molecule has 12 heteroatoms. The van der Waals surface area contributed by atoms with E-state index in [1.807, 2.05) is 0 Å². The van der Waals surface area contributed by atoms with Crippen LogP contribution < -0.4 is 15.5 Å². The van der Waals surface area contributed by atoms with Gasteiger partial charge in [0.25, 0.3) is 11.6 Å². The lowest BCUT2D eigenvalue weighted by atomic mass is 10.0. The molecule has 41 heavy (non-hydrogen) atoms. The Bertz CT molecular complexity index is 1560. The first kappa shape index (κ1) is 28.7. The number of hydrogen-bond donors (Lipinski definition) is 4. The Hall–Kier alpha value is -5.30. The van der Waals surface area contributed by atoms with Gasteiger partial charge in [-0.2, -0.15) is 0 Å². The van der Waals surface area contributed by atoms with Crippen LogP contribution in [0.4, 0.5) is 17.1 Å². The Morgan fingerprint density at radius 2 is 1.49 bits per heavy atom. The highest BCUT2D eigenvalue weighted by Gasteiger charge is 2.17. The molecule has 0 bridgehead atoms. The van der Waals surface area contributed by atoms with Gasteiger partial charge >= 0.3 is 5.97 Å². The molecule has 0 radical (unpaired) electrons. The summed E-state index contributed by atoms with van der Waals surface area (Å²) >= 11 is 0. The van der Waals surface area contributed by atoms with Crippen molar-refractivity contribution in [2.45, 2.75) is 20.1 Å². The maximum absolute atomic E-state index is 12.6. The van der Waals surface area contributed by atoms with Crippen LogP contribution in [-0.4, -0.2) is 27.2 Å². The fourth-order valence-corrected chi connectivity index (χ4v) is 3.83. The topological polar surface area (TPSA) is 169 Å². The molecule has 0 unspecified atom stereocenters. The molecule has 0 fully saturated rings. The lowest BCUT2D eigenvalue weighted by molar-refractivity contribution is -0.385. The number of hydrogen-bond acceptors (Lipinski definition) is 9. The van der Waals surface area contributed by atoms with Crippen molar-refractivity contribution >= 4 is 28.9 Å². The molecule has 0 aliphatic rings. The van der Waals surface area contributed by atoms with Crippen molar-refractivity contribution in [3.8, 4) is 11.5 Å². The van der Waals surface area contributed by atoms with Gasteiger partial charge in [0.2, 0.25) is 0 Å². The third kappa shape index (κ3) is 7.64. The van der Waals surface area contributed by atoms with Gasteiger partial charge in [0.1, 0.15) is 18.1 Å². The summed E-state index contributed by atoms with van der Waals surface area (Å²) in [5.74, 6) is -0.663. The number of non-ortho nitro benzene ring substituents is 1. The number of carbonyl (C=O) groups excluding carboxylic acids is 1. The number of rotatable bonds is 12. The van der Waals surface area contributed by atoms with Gasteiger partial charge in [-0.3, -0.25) is 30.5 Å². The van der Waals surface area contributed by atoms with Gasteiger partial charge in [-0.1, -0.05) is 11.6 Å². The summed E-state index contributed by atoms with van der Waals surface area (Å²) in [6, 6.07) is 22.2. The van der Waals surface area contributed by atoms with Gasteiger partial charge in [0.15, 0.2) is 0 Å². The molecular weight excluding hydrogens is 534 g/mol. The van der Waals surface area contributed by atoms with Crippen molar-refractivity contribution in [1.29, 1.82) is 0 Å². The van der Waals surface area contributed by atoms with Crippen molar-refractivity contribution < 1.29 is 39.3 Å². The Balaban J connectivity index is 1.31. The van der Waals surface area contributed by atoms with Crippen molar-refractivity contribution in [3.63, 3.8) is 0 Å². The molecule has 4 aromatic carbocycles. The molecule has 0 aliphatic carbocycles. The fourth-order valence-electron chi connectivity index (χ4n) is 3.83. The lowest BCUT2D eigenvalue weighted by Crippen LogP contribution is -2.16.